The highest BCUT2D eigenvalue weighted by Crippen LogP contribution is 2.24. The molecule has 2 aromatic rings. The summed E-state index contributed by atoms with van der Waals surface area (Å²) in [5, 5.41) is 8.76. The minimum absolute atomic E-state index is 0.00143. The van der Waals surface area contributed by atoms with Crippen LogP contribution in [0, 0.1) is 29.9 Å². The number of anilines is 1. The molecular formula is C15H12F2N2O. The molecule has 0 fully saturated rings. The van der Waals surface area contributed by atoms with Crippen LogP contribution in [0.2, 0.25) is 0 Å². The summed E-state index contributed by atoms with van der Waals surface area (Å²) in [6.45, 7) is 1.56. The van der Waals surface area contributed by atoms with Gasteiger partial charge in [-0.2, -0.15) is 5.26 Å². The number of nitriles is 1. The summed E-state index contributed by atoms with van der Waals surface area (Å²) >= 11 is 0. The van der Waals surface area contributed by atoms with Gasteiger partial charge < -0.3 is 10.5 Å². The van der Waals surface area contributed by atoms with E-state index in [9.17, 15) is 8.78 Å². The quantitative estimate of drug-likeness (QED) is 0.873. The predicted molar refractivity (Wildman–Crippen MR) is 71.0 cm³/mol. The Morgan fingerprint density at radius 1 is 1.20 bits per heavy atom. The van der Waals surface area contributed by atoms with Crippen molar-refractivity contribution in [3.8, 4) is 11.8 Å². The van der Waals surface area contributed by atoms with E-state index in [1.807, 2.05) is 6.07 Å². The fraction of sp³-hybridized carbons (Fsp3) is 0.133. The SMILES string of the molecule is Cc1cc(OCc2cc(C#N)ccc2F)c(F)cc1N. The Morgan fingerprint density at radius 2 is 1.95 bits per heavy atom. The first-order valence-electron chi connectivity index (χ1n) is 5.88. The van der Waals surface area contributed by atoms with Gasteiger partial charge in [-0.3, -0.25) is 0 Å². The third kappa shape index (κ3) is 2.86. The van der Waals surface area contributed by atoms with E-state index in [4.69, 9.17) is 15.7 Å². The van der Waals surface area contributed by atoms with Crippen molar-refractivity contribution in [2.24, 2.45) is 0 Å². The second-order valence-electron chi connectivity index (χ2n) is 4.35. The number of benzene rings is 2. The van der Waals surface area contributed by atoms with Crippen LogP contribution in [0.4, 0.5) is 14.5 Å². The summed E-state index contributed by atoms with van der Waals surface area (Å²) in [6.07, 6.45) is 0. The van der Waals surface area contributed by atoms with Crippen molar-refractivity contribution >= 4 is 5.69 Å². The zero-order valence-electron chi connectivity index (χ0n) is 10.8. The first-order valence-corrected chi connectivity index (χ1v) is 5.88. The molecule has 0 spiro atoms. The van der Waals surface area contributed by atoms with E-state index in [0.29, 0.717) is 16.8 Å². The van der Waals surface area contributed by atoms with Gasteiger partial charge in [0.1, 0.15) is 12.4 Å². The van der Waals surface area contributed by atoms with Gasteiger partial charge in [-0.1, -0.05) is 0 Å². The van der Waals surface area contributed by atoms with Crippen LogP contribution < -0.4 is 10.5 Å². The van der Waals surface area contributed by atoms with E-state index in [0.717, 1.165) is 6.07 Å². The van der Waals surface area contributed by atoms with Gasteiger partial charge in [0.2, 0.25) is 0 Å². The van der Waals surface area contributed by atoms with Crippen molar-refractivity contribution in [3.63, 3.8) is 0 Å². The van der Waals surface area contributed by atoms with Crippen LogP contribution in [0.1, 0.15) is 16.7 Å². The summed E-state index contributed by atoms with van der Waals surface area (Å²) in [5.74, 6) is -1.11. The number of hydrogen-bond donors (Lipinski definition) is 1. The normalized spacial score (nSPS) is 10.1. The Balaban J connectivity index is 2.21. The van der Waals surface area contributed by atoms with Crippen LogP contribution in [0.25, 0.3) is 0 Å². The van der Waals surface area contributed by atoms with Crippen LogP contribution in [-0.2, 0) is 6.61 Å². The lowest BCUT2D eigenvalue weighted by Crippen LogP contribution is -2.02. The van der Waals surface area contributed by atoms with E-state index >= 15 is 0 Å². The summed E-state index contributed by atoms with van der Waals surface area (Å²) < 4.78 is 32.4. The highest BCUT2D eigenvalue weighted by molar-refractivity contribution is 5.50. The van der Waals surface area contributed by atoms with Crippen LogP contribution in [0.5, 0.6) is 5.75 Å². The zero-order chi connectivity index (χ0) is 14.7. The van der Waals surface area contributed by atoms with Gasteiger partial charge in [-0.05, 0) is 36.8 Å². The molecule has 0 aliphatic heterocycles. The lowest BCUT2D eigenvalue weighted by Gasteiger charge is -2.10. The van der Waals surface area contributed by atoms with Crippen molar-refractivity contribution in [3.05, 3.63) is 58.7 Å². The molecule has 3 nitrogen and oxygen atoms in total. The summed E-state index contributed by atoms with van der Waals surface area (Å²) in [5.41, 5.74) is 7.08. The fourth-order valence-electron chi connectivity index (χ4n) is 1.69. The van der Waals surface area contributed by atoms with Crippen molar-refractivity contribution in [1.82, 2.24) is 0 Å². The number of halogens is 2. The molecule has 0 bridgehead atoms. The van der Waals surface area contributed by atoms with Gasteiger partial charge in [-0.25, -0.2) is 8.78 Å². The number of ether oxygens (including phenoxy) is 1. The van der Waals surface area contributed by atoms with E-state index in [1.54, 1.807) is 6.92 Å². The molecule has 0 radical (unpaired) electrons. The van der Waals surface area contributed by atoms with Crippen molar-refractivity contribution < 1.29 is 13.5 Å². The molecular weight excluding hydrogens is 262 g/mol. The van der Waals surface area contributed by atoms with Crippen molar-refractivity contribution in [2.75, 3.05) is 5.73 Å². The van der Waals surface area contributed by atoms with Gasteiger partial charge in [0.05, 0.1) is 11.6 Å². The van der Waals surface area contributed by atoms with Crippen LogP contribution in [-0.4, -0.2) is 0 Å². The number of nitrogens with zero attached hydrogens (tertiary/aromatic N) is 1. The minimum atomic E-state index is -0.607. The third-order valence-electron chi connectivity index (χ3n) is 2.88. The summed E-state index contributed by atoms with van der Waals surface area (Å²) in [6, 6.07) is 8.45. The molecule has 0 atom stereocenters. The maximum Gasteiger partial charge on any atom is 0.167 e. The molecule has 0 heterocycles. The van der Waals surface area contributed by atoms with E-state index in [2.05, 4.69) is 0 Å². The fourth-order valence-corrected chi connectivity index (χ4v) is 1.69. The smallest absolute Gasteiger partial charge is 0.167 e. The molecule has 0 aliphatic carbocycles. The standard InChI is InChI=1S/C15H12F2N2O/c1-9-4-15(13(17)6-14(9)19)20-8-11-5-10(7-18)2-3-12(11)16/h2-6H,8,19H2,1H3. The molecule has 2 N–H and O–H groups in total. The average Bonchev–Trinajstić information content (AvgIpc) is 2.43. The lowest BCUT2D eigenvalue weighted by molar-refractivity contribution is 0.284. The largest absolute Gasteiger partial charge is 0.486 e. The van der Waals surface area contributed by atoms with Gasteiger partial charge >= 0.3 is 0 Å². The monoisotopic (exact) mass is 274 g/mol. The van der Waals surface area contributed by atoms with Gasteiger partial charge in [0.15, 0.2) is 11.6 Å². The molecule has 0 saturated carbocycles. The highest BCUT2D eigenvalue weighted by atomic mass is 19.1. The lowest BCUT2D eigenvalue weighted by atomic mass is 10.1. The van der Waals surface area contributed by atoms with E-state index in [1.165, 1.54) is 24.3 Å². The highest BCUT2D eigenvalue weighted by Gasteiger charge is 2.09. The third-order valence-corrected chi connectivity index (χ3v) is 2.88. The van der Waals surface area contributed by atoms with Gasteiger partial charge in [0, 0.05) is 17.3 Å². The van der Waals surface area contributed by atoms with Crippen LogP contribution in [0.15, 0.2) is 30.3 Å². The van der Waals surface area contributed by atoms with Gasteiger partial charge in [-0.15, -0.1) is 0 Å². The van der Waals surface area contributed by atoms with Crippen molar-refractivity contribution in [1.29, 1.82) is 5.26 Å². The molecule has 0 aliphatic rings. The minimum Gasteiger partial charge on any atom is -0.486 e. The number of rotatable bonds is 3. The van der Waals surface area contributed by atoms with E-state index < -0.39 is 11.6 Å². The molecule has 20 heavy (non-hydrogen) atoms. The number of hydrogen-bond acceptors (Lipinski definition) is 3. The second-order valence-corrected chi connectivity index (χ2v) is 4.35. The maximum atomic E-state index is 13.6. The van der Waals surface area contributed by atoms with Crippen LogP contribution in [0.3, 0.4) is 0 Å². The first kappa shape index (κ1) is 13.8. The molecule has 0 saturated heterocycles. The Bertz CT molecular complexity index is 693. The first-order chi connectivity index (χ1) is 9.51. The molecule has 0 aromatic heterocycles. The number of nitrogens with two attached hydrogens (primary N) is 1. The second kappa shape index (κ2) is 5.57. The maximum absolute atomic E-state index is 13.6. The topological polar surface area (TPSA) is 59.0 Å². The Morgan fingerprint density at radius 3 is 2.65 bits per heavy atom. The summed E-state index contributed by atoms with van der Waals surface area (Å²) in [4.78, 5) is 0. The molecule has 0 amide bonds. The Kier molecular flexibility index (Phi) is 3.85. The zero-order valence-corrected chi connectivity index (χ0v) is 10.8. The Hall–Kier alpha value is -2.61. The number of aryl methyl sites for hydroxylation is 1. The molecule has 2 rings (SSSR count). The Labute approximate surface area is 115 Å². The molecule has 5 heteroatoms. The average molecular weight is 274 g/mol. The summed E-state index contributed by atoms with van der Waals surface area (Å²) in [7, 11) is 0. The molecule has 2 aromatic carbocycles. The van der Waals surface area contributed by atoms with E-state index in [-0.39, 0.29) is 17.9 Å². The van der Waals surface area contributed by atoms with Gasteiger partial charge in [0.25, 0.3) is 0 Å². The number of nitrogen functional groups attached to an aromatic ring is 1. The molecule has 0 unspecified atom stereocenters. The predicted octanol–water partition coefficient (Wildman–Crippen LogP) is 3.31. The molecule has 102 valence electrons. The van der Waals surface area contributed by atoms with Crippen LogP contribution >= 0.6 is 0 Å². The van der Waals surface area contributed by atoms with Crippen molar-refractivity contribution in [2.45, 2.75) is 13.5 Å².